The van der Waals surface area contributed by atoms with E-state index in [9.17, 15) is 9.59 Å². The number of amides is 1. The molecular weight excluding hydrogens is 374 g/mol. The van der Waals surface area contributed by atoms with E-state index in [2.05, 4.69) is 33.9 Å². The van der Waals surface area contributed by atoms with Gasteiger partial charge in [-0.15, -0.1) is 0 Å². The molecule has 28 heavy (non-hydrogen) atoms. The van der Waals surface area contributed by atoms with Gasteiger partial charge in [-0.1, -0.05) is 58.0 Å². The summed E-state index contributed by atoms with van der Waals surface area (Å²) >= 11 is 0. The van der Waals surface area contributed by atoms with E-state index in [4.69, 9.17) is 13.9 Å². The first-order valence-corrected chi connectivity index (χ1v) is 12.6. The van der Waals surface area contributed by atoms with Crippen LogP contribution in [0.15, 0.2) is 30.3 Å². The lowest BCUT2D eigenvalue weighted by molar-refractivity contribution is -0.146. The Kier molecular flexibility index (Phi) is 6.93. The van der Waals surface area contributed by atoms with Gasteiger partial charge < -0.3 is 13.9 Å². The highest BCUT2D eigenvalue weighted by molar-refractivity contribution is 6.74. The van der Waals surface area contributed by atoms with Crippen molar-refractivity contribution in [1.82, 2.24) is 4.90 Å². The molecule has 0 saturated carbocycles. The molecule has 0 aliphatic carbocycles. The monoisotopic (exact) mass is 407 g/mol. The van der Waals surface area contributed by atoms with Gasteiger partial charge in [0.2, 0.25) is 0 Å². The molecule has 0 bridgehead atoms. The topological polar surface area (TPSA) is 65.1 Å². The Morgan fingerprint density at radius 1 is 1.18 bits per heavy atom. The van der Waals surface area contributed by atoms with Gasteiger partial charge in [-0.25, -0.2) is 9.59 Å². The van der Waals surface area contributed by atoms with Crippen molar-refractivity contribution in [2.24, 2.45) is 5.92 Å². The van der Waals surface area contributed by atoms with Crippen LogP contribution in [0, 0.1) is 5.92 Å². The van der Waals surface area contributed by atoms with Gasteiger partial charge in [-0.2, -0.15) is 0 Å². The van der Waals surface area contributed by atoms with Crippen molar-refractivity contribution >= 4 is 20.4 Å². The molecule has 1 amide bonds. The molecule has 1 aromatic carbocycles. The fraction of sp³-hybridized carbons (Fsp3) is 0.619. The number of benzene rings is 1. The molecule has 2 rings (SSSR count). The lowest BCUT2D eigenvalue weighted by Crippen LogP contribution is -2.46. The van der Waals surface area contributed by atoms with Crippen molar-refractivity contribution in [3.63, 3.8) is 0 Å². The number of esters is 1. The van der Waals surface area contributed by atoms with Gasteiger partial charge in [0.05, 0.1) is 19.8 Å². The summed E-state index contributed by atoms with van der Waals surface area (Å²) in [7, 11) is -0.715. The molecule has 0 unspecified atom stereocenters. The van der Waals surface area contributed by atoms with Crippen molar-refractivity contribution in [1.29, 1.82) is 0 Å². The third-order valence-corrected chi connectivity index (χ3v) is 10.4. The Morgan fingerprint density at radius 2 is 1.79 bits per heavy atom. The number of carbonyl (C=O) groups excluding carboxylic acids is 2. The number of ether oxygens (including phenoxy) is 2. The number of methoxy groups -OCH3 is 1. The second-order valence-electron chi connectivity index (χ2n) is 8.94. The molecule has 1 aromatic rings. The number of rotatable bonds is 5. The average Bonchev–Trinajstić information content (AvgIpc) is 2.95. The summed E-state index contributed by atoms with van der Waals surface area (Å²) in [5.74, 6) is -0.614. The van der Waals surface area contributed by atoms with Gasteiger partial charge in [0.1, 0.15) is 12.6 Å². The number of nitrogens with zero attached hydrogens (tertiary/aromatic N) is 1. The molecule has 1 aliphatic heterocycles. The van der Waals surface area contributed by atoms with Crippen LogP contribution in [-0.2, 0) is 25.3 Å². The maximum Gasteiger partial charge on any atom is 0.410 e. The van der Waals surface area contributed by atoms with E-state index in [-0.39, 0.29) is 23.7 Å². The smallest absolute Gasteiger partial charge is 0.410 e. The minimum absolute atomic E-state index is 0.0364. The van der Waals surface area contributed by atoms with Crippen LogP contribution >= 0.6 is 0 Å². The highest BCUT2D eigenvalue weighted by Gasteiger charge is 2.50. The third-order valence-electron chi connectivity index (χ3n) is 5.93. The zero-order chi connectivity index (χ0) is 21.1. The molecular formula is C21H33NO5Si. The van der Waals surface area contributed by atoms with Crippen molar-refractivity contribution < 1.29 is 23.5 Å². The van der Waals surface area contributed by atoms with Gasteiger partial charge in [0.15, 0.2) is 8.32 Å². The maximum atomic E-state index is 12.8. The first-order valence-electron chi connectivity index (χ1n) is 9.71. The van der Waals surface area contributed by atoms with Crippen molar-refractivity contribution in [3.05, 3.63) is 35.9 Å². The second-order valence-corrected chi connectivity index (χ2v) is 13.7. The predicted molar refractivity (Wildman–Crippen MR) is 110 cm³/mol. The summed E-state index contributed by atoms with van der Waals surface area (Å²) in [5.41, 5.74) is 0.895. The SMILES string of the molecule is COC(=O)[C@@H]1[C@H](C)[C@@H](O[Si](C)(C)C(C)(C)C)CN1C(=O)OCc1ccccc1. The molecule has 1 fully saturated rings. The van der Waals surface area contributed by atoms with Crippen LogP contribution in [0.1, 0.15) is 33.3 Å². The molecule has 1 saturated heterocycles. The van der Waals surface area contributed by atoms with E-state index in [0.29, 0.717) is 6.54 Å². The lowest BCUT2D eigenvalue weighted by Gasteiger charge is -2.39. The molecule has 7 heteroatoms. The summed E-state index contributed by atoms with van der Waals surface area (Å²) in [4.78, 5) is 26.6. The molecule has 156 valence electrons. The summed E-state index contributed by atoms with van der Waals surface area (Å²) in [6.07, 6.45) is -0.748. The van der Waals surface area contributed by atoms with Crippen LogP contribution in [-0.4, -0.2) is 51.1 Å². The van der Waals surface area contributed by atoms with Crippen LogP contribution in [0.2, 0.25) is 18.1 Å². The van der Waals surface area contributed by atoms with E-state index in [0.717, 1.165) is 5.56 Å². The van der Waals surface area contributed by atoms with E-state index in [1.807, 2.05) is 37.3 Å². The van der Waals surface area contributed by atoms with E-state index in [1.54, 1.807) is 0 Å². The number of likely N-dealkylation sites (tertiary alicyclic amines) is 1. The Balaban J connectivity index is 2.14. The first kappa shape index (κ1) is 22.4. The van der Waals surface area contributed by atoms with Gasteiger partial charge >= 0.3 is 12.1 Å². The van der Waals surface area contributed by atoms with E-state index < -0.39 is 26.4 Å². The highest BCUT2D eigenvalue weighted by atomic mass is 28.4. The molecule has 3 atom stereocenters. The Labute approximate surface area is 169 Å². The summed E-state index contributed by atoms with van der Waals surface area (Å²) in [6.45, 7) is 13.3. The van der Waals surface area contributed by atoms with Gasteiger partial charge in [0.25, 0.3) is 0 Å². The van der Waals surface area contributed by atoms with Crippen molar-refractivity contribution in [2.75, 3.05) is 13.7 Å². The second kappa shape index (κ2) is 8.65. The molecule has 1 aliphatic rings. The summed E-state index contributed by atoms with van der Waals surface area (Å²) in [5, 5.41) is 0.0364. The van der Waals surface area contributed by atoms with Gasteiger partial charge in [-0.3, -0.25) is 4.90 Å². The standard InChI is InChI=1S/C21H33NO5Si/c1-15-17(27-28(6,7)21(2,3)4)13-22(18(15)19(23)25-5)20(24)26-14-16-11-9-8-10-12-16/h8-12,15,17-18H,13-14H2,1-7H3/t15-,17+,18+/m1/s1. The summed E-state index contributed by atoms with van der Waals surface area (Å²) < 4.78 is 17.0. The maximum absolute atomic E-state index is 12.8. The molecule has 0 N–H and O–H groups in total. The van der Waals surface area contributed by atoms with Crippen LogP contribution < -0.4 is 0 Å². The van der Waals surface area contributed by atoms with Crippen LogP contribution in [0.25, 0.3) is 0 Å². The highest BCUT2D eigenvalue weighted by Crippen LogP contribution is 2.40. The van der Waals surface area contributed by atoms with Crippen LogP contribution in [0.4, 0.5) is 4.79 Å². The van der Waals surface area contributed by atoms with Gasteiger partial charge in [0, 0.05) is 5.92 Å². The first-order chi connectivity index (χ1) is 13.0. The van der Waals surface area contributed by atoms with Crippen molar-refractivity contribution in [2.45, 2.75) is 64.6 Å². The fourth-order valence-corrected chi connectivity index (χ4v) is 4.51. The van der Waals surface area contributed by atoms with Gasteiger partial charge in [-0.05, 0) is 23.7 Å². The summed E-state index contributed by atoms with van der Waals surface area (Å²) in [6, 6.07) is 8.76. The van der Waals surface area contributed by atoms with Crippen LogP contribution in [0.5, 0.6) is 0 Å². The third kappa shape index (κ3) is 4.94. The molecule has 6 nitrogen and oxygen atoms in total. The Morgan fingerprint density at radius 3 is 2.32 bits per heavy atom. The minimum atomic E-state index is -2.05. The zero-order valence-electron chi connectivity index (χ0n) is 18.0. The zero-order valence-corrected chi connectivity index (χ0v) is 19.0. The van der Waals surface area contributed by atoms with E-state index in [1.165, 1.54) is 12.0 Å². The molecule has 1 heterocycles. The number of hydrogen-bond acceptors (Lipinski definition) is 5. The largest absolute Gasteiger partial charge is 0.467 e. The minimum Gasteiger partial charge on any atom is -0.467 e. The lowest BCUT2D eigenvalue weighted by atomic mass is 10.0. The Bertz CT molecular complexity index is 686. The van der Waals surface area contributed by atoms with Crippen molar-refractivity contribution in [3.8, 4) is 0 Å². The van der Waals surface area contributed by atoms with Crippen LogP contribution in [0.3, 0.4) is 0 Å². The normalized spacial score (nSPS) is 22.8. The number of carbonyl (C=O) groups is 2. The average molecular weight is 408 g/mol. The number of hydrogen-bond donors (Lipinski definition) is 0. The predicted octanol–water partition coefficient (Wildman–Crippen LogP) is 4.21. The molecule has 0 radical (unpaired) electrons. The van der Waals surface area contributed by atoms with E-state index >= 15 is 0 Å². The fourth-order valence-electron chi connectivity index (χ4n) is 3.11. The molecule has 0 aromatic heterocycles. The molecule has 0 spiro atoms. The Hall–Kier alpha value is -1.86. The quantitative estimate of drug-likeness (QED) is 0.540.